The fourth-order valence-electron chi connectivity index (χ4n) is 2.97. The first-order valence-electron chi connectivity index (χ1n) is 7.89. The monoisotopic (exact) mass is 349 g/mol. The topological polar surface area (TPSA) is 62.3 Å². The zero-order valence-corrected chi connectivity index (χ0v) is 14.2. The first-order chi connectivity index (χ1) is 12.2. The molecule has 0 unspecified atom stereocenters. The van der Waals surface area contributed by atoms with Crippen LogP contribution >= 0.6 is 11.3 Å². The zero-order chi connectivity index (χ0) is 17.4. The van der Waals surface area contributed by atoms with Crippen LogP contribution in [0.1, 0.15) is 15.4 Å². The number of carbonyl (C=O) groups excluding carboxylic acids is 2. The van der Waals surface area contributed by atoms with Gasteiger partial charge in [-0.25, -0.2) is 4.98 Å². The lowest BCUT2D eigenvalue weighted by atomic mass is 10.1. The van der Waals surface area contributed by atoms with Crippen LogP contribution in [0.5, 0.6) is 0 Å². The van der Waals surface area contributed by atoms with Crippen molar-refractivity contribution in [3.63, 3.8) is 0 Å². The Morgan fingerprint density at radius 3 is 2.88 bits per heavy atom. The highest BCUT2D eigenvalue weighted by Gasteiger charge is 2.23. The summed E-state index contributed by atoms with van der Waals surface area (Å²) in [6, 6.07) is 13.3. The minimum absolute atomic E-state index is 0.106. The summed E-state index contributed by atoms with van der Waals surface area (Å²) in [5.74, 6) is -0.330. The van der Waals surface area contributed by atoms with Crippen LogP contribution in [0, 0.1) is 0 Å². The summed E-state index contributed by atoms with van der Waals surface area (Å²) in [5.41, 5.74) is 3.45. The quantitative estimate of drug-likeness (QED) is 0.735. The van der Waals surface area contributed by atoms with Gasteiger partial charge in [0.15, 0.2) is 5.01 Å². The number of carbonyl (C=O) groups is 2. The second-order valence-electron chi connectivity index (χ2n) is 5.73. The van der Waals surface area contributed by atoms with Crippen molar-refractivity contribution in [2.24, 2.45) is 0 Å². The highest BCUT2D eigenvalue weighted by Crippen LogP contribution is 2.31. The van der Waals surface area contributed by atoms with Crippen LogP contribution in [-0.4, -0.2) is 23.3 Å². The largest absolute Gasteiger partial charge is 0.320 e. The lowest BCUT2D eigenvalue weighted by molar-refractivity contribution is -0.114. The number of hydrogen-bond donors (Lipinski definition) is 1. The number of nitrogens with zero attached hydrogens (tertiary/aromatic N) is 2. The third-order valence-electron chi connectivity index (χ3n) is 4.16. The maximum atomic E-state index is 12.5. The zero-order valence-electron chi connectivity index (χ0n) is 13.4. The van der Waals surface area contributed by atoms with Crippen LogP contribution in [0.4, 0.5) is 11.4 Å². The Balaban J connectivity index is 1.56. The van der Waals surface area contributed by atoms with Gasteiger partial charge in [0.2, 0.25) is 5.91 Å². The molecule has 2 amide bonds. The average molecular weight is 349 g/mol. The number of para-hydroxylation sites is 1. The molecule has 1 N–H and O–H groups in total. The van der Waals surface area contributed by atoms with Gasteiger partial charge in [-0.15, -0.1) is 11.3 Å². The predicted molar refractivity (Wildman–Crippen MR) is 100 cm³/mol. The summed E-state index contributed by atoms with van der Waals surface area (Å²) in [4.78, 5) is 30.4. The number of nitrogens with one attached hydrogen (secondary N) is 1. The molecular weight excluding hydrogens is 334 g/mol. The number of benzene rings is 2. The number of thiazole rings is 1. The molecule has 25 heavy (non-hydrogen) atoms. The summed E-state index contributed by atoms with van der Waals surface area (Å²) in [6.45, 7) is 4.17. The van der Waals surface area contributed by atoms with Gasteiger partial charge in [-0.05, 0) is 48.4 Å². The van der Waals surface area contributed by atoms with Gasteiger partial charge < -0.3 is 10.2 Å². The molecule has 3 aromatic rings. The summed E-state index contributed by atoms with van der Waals surface area (Å²) < 4.78 is 0.986. The minimum Gasteiger partial charge on any atom is -0.320 e. The van der Waals surface area contributed by atoms with Gasteiger partial charge in [0, 0.05) is 17.9 Å². The maximum Gasteiger partial charge on any atom is 0.284 e. The third kappa shape index (κ3) is 2.81. The van der Waals surface area contributed by atoms with E-state index < -0.39 is 0 Å². The molecule has 0 aliphatic carbocycles. The van der Waals surface area contributed by atoms with E-state index in [1.807, 2.05) is 36.4 Å². The lowest BCUT2D eigenvalue weighted by Crippen LogP contribution is -2.26. The molecule has 124 valence electrons. The average Bonchev–Trinajstić information content (AvgIpc) is 3.24. The molecule has 1 aromatic heterocycles. The predicted octanol–water partition coefficient (Wildman–Crippen LogP) is 3.62. The lowest BCUT2D eigenvalue weighted by Gasteiger charge is -2.15. The molecular formula is C19H15N3O2S. The van der Waals surface area contributed by atoms with Gasteiger partial charge in [-0.1, -0.05) is 18.7 Å². The summed E-state index contributed by atoms with van der Waals surface area (Å²) in [7, 11) is 0. The Hall–Kier alpha value is -2.99. The highest BCUT2D eigenvalue weighted by atomic mass is 32.1. The molecule has 4 rings (SSSR count). The normalized spacial score (nSPS) is 12.9. The van der Waals surface area contributed by atoms with Crippen LogP contribution in [-0.2, 0) is 11.2 Å². The second-order valence-corrected chi connectivity index (χ2v) is 6.76. The second kappa shape index (κ2) is 6.14. The molecule has 5 nitrogen and oxygen atoms in total. The van der Waals surface area contributed by atoms with E-state index in [4.69, 9.17) is 0 Å². The van der Waals surface area contributed by atoms with Crippen molar-refractivity contribution in [3.05, 3.63) is 65.7 Å². The van der Waals surface area contributed by atoms with E-state index in [0.29, 0.717) is 17.2 Å². The van der Waals surface area contributed by atoms with Crippen molar-refractivity contribution in [1.29, 1.82) is 0 Å². The molecule has 0 saturated heterocycles. The minimum atomic E-state index is -0.224. The molecule has 0 radical (unpaired) electrons. The Kier molecular flexibility index (Phi) is 3.82. The number of aromatic nitrogens is 1. The van der Waals surface area contributed by atoms with Crippen molar-refractivity contribution in [1.82, 2.24) is 4.98 Å². The van der Waals surface area contributed by atoms with Crippen LogP contribution < -0.4 is 10.2 Å². The number of fused-ring (bicyclic) bond motifs is 2. The SMILES string of the molecule is C=CC(=O)N1CCc2cc(NC(=O)c3nc4ccccc4s3)ccc21. The van der Waals surface area contributed by atoms with E-state index in [1.165, 1.54) is 17.4 Å². The molecule has 0 bridgehead atoms. The van der Waals surface area contributed by atoms with E-state index in [2.05, 4.69) is 16.9 Å². The molecule has 0 fully saturated rings. The van der Waals surface area contributed by atoms with Crippen LogP contribution in [0.25, 0.3) is 10.2 Å². The maximum absolute atomic E-state index is 12.5. The van der Waals surface area contributed by atoms with Crippen LogP contribution in [0.3, 0.4) is 0 Å². The van der Waals surface area contributed by atoms with Crippen molar-refractivity contribution >= 4 is 44.7 Å². The van der Waals surface area contributed by atoms with Gasteiger partial charge in [0.05, 0.1) is 10.2 Å². The van der Waals surface area contributed by atoms with Crippen LogP contribution in [0.2, 0.25) is 0 Å². The molecule has 2 aromatic carbocycles. The van der Waals surface area contributed by atoms with Gasteiger partial charge >= 0.3 is 0 Å². The smallest absolute Gasteiger partial charge is 0.284 e. The fraction of sp³-hybridized carbons (Fsp3) is 0.105. The number of rotatable bonds is 3. The van der Waals surface area contributed by atoms with Gasteiger partial charge in [-0.2, -0.15) is 0 Å². The first kappa shape index (κ1) is 15.5. The molecule has 6 heteroatoms. The standard InChI is InChI=1S/C19H15N3O2S/c1-2-17(23)22-10-9-12-11-13(7-8-15(12)22)20-18(24)19-21-14-5-3-4-6-16(14)25-19/h2-8,11H,1,9-10H2,(H,20,24). The van der Waals surface area contributed by atoms with Gasteiger partial charge in [0.1, 0.15) is 0 Å². The molecule has 1 aliphatic rings. The molecule has 0 atom stereocenters. The van der Waals surface area contributed by atoms with Crippen LogP contribution in [0.15, 0.2) is 55.1 Å². The van der Waals surface area contributed by atoms with E-state index >= 15 is 0 Å². The number of hydrogen-bond acceptors (Lipinski definition) is 4. The molecule has 0 saturated carbocycles. The number of amides is 2. The first-order valence-corrected chi connectivity index (χ1v) is 8.71. The fourth-order valence-corrected chi connectivity index (χ4v) is 3.83. The third-order valence-corrected chi connectivity index (χ3v) is 5.20. The van der Waals surface area contributed by atoms with E-state index in [1.54, 1.807) is 11.0 Å². The van der Waals surface area contributed by atoms with Crippen molar-refractivity contribution < 1.29 is 9.59 Å². The van der Waals surface area contributed by atoms with E-state index in [0.717, 1.165) is 27.9 Å². The van der Waals surface area contributed by atoms with E-state index in [9.17, 15) is 9.59 Å². The highest BCUT2D eigenvalue weighted by molar-refractivity contribution is 7.20. The molecule has 0 spiro atoms. The summed E-state index contributed by atoms with van der Waals surface area (Å²) >= 11 is 1.37. The van der Waals surface area contributed by atoms with Gasteiger partial charge in [-0.3, -0.25) is 9.59 Å². The van der Waals surface area contributed by atoms with Crippen molar-refractivity contribution in [3.8, 4) is 0 Å². The van der Waals surface area contributed by atoms with Crippen molar-refractivity contribution in [2.45, 2.75) is 6.42 Å². The summed E-state index contributed by atoms with van der Waals surface area (Å²) in [5, 5.41) is 3.33. The number of anilines is 2. The Morgan fingerprint density at radius 2 is 2.08 bits per heavy atom. The van der Waals surface area contributed by atoms with Crippen molar-refractivity contribution in [2.75, 3.05) is 16.8 Å². The van der Waals surface area contributed by atoms with Gasteiger partial charge in [0.25, 0.3) is 5.91 Å². The summed E-state index contributed by atoms with van der Waals surface area (Å²) in [6.07, 6.45) is 2.08. The molecule has 1 aliphatic heterocycles. The Morgan fingerprint density at radius 1 is 1.24 bits per heavy atom. The Labute approximate surface area is 148 Å². The Bertz CT molecular complexity index is 976. The van der Waals surface area contributed by atoms with E-state index in [-0.39, 0.29) is 11.8 Å². The molecule has 2 heterocycles.